The Morgan fingerprint density at radius 3 is 2.64 bits per heavy atom. The highest BCUT2D eigenvalue weighted by Crippen LogP contribution is 2.34. The van der Waals surface area contributed by atoms with E-state index in [-0.39, 0.29) is 12.5 Å². The van der Waals surface area contributed by atoms with Crippen LogP contribution in [0.2, 0.25) is 0 Å². The Balaban J connectivity index is 1.60. The third-order valence-corrected chi connectivity index (χ3v) is 5.19. The van der Waals surface area contributed by atoms with Crippen LogP contribution < -0.4 is 11.1 Å². The van der Waals surface area contributed by atoms with Gasteiger partial charge in [-0.15, -0.1) is 11.3 Å². The van der Waals surface area contributed by atoms with Gasteiger partial charge in [0, 0.05) is 33.6 Å². The quantitative estimate of drug-likeness (QED) is 0.470. The average molecular weight is 400 g/mol. The van der Waals surface area contributed by atoms with Gasteiger partial charge in [0.1, 0.15) is 5.82 Å². The molecule has 0 aliphatic carbocycles. The average Bonchev–Trinajstić information content (AvgIpc) is 3.10. The summed E-state index contributed by atoms with van der Waals surface area (Å²) in [5.74, 6) is 0.550. The zero-order valence-corrected chi connectivity index (χ0v) is 15.3. The van der Waals surface area contributed by atoms with Gasteiger partial charge >= 0.3 is 6.18 Å². The lowest BCUT2D eigenvalue weighted by Crippen LogP contribution is -2.08. The van der Waals surface area contributed by atoms with Gasteiger partial charge in [0.05, 0.1) is 11.3 Å². The Bertz CT molecular complexity index is 1140. The summed E-state index contributed by atoms with van der Waals surface area (Å²) in [4.78, 5) is 8.46. The lowest BCUT2D eigenvalue weighted by atomic mass is 10.1. The number of nitrogen functional groups attached to an aromatic ring is 1. The zero-order valence-electron chi connectivity index (χ0n) is 14.5. The number of hydrogen-bond acceptors (Lipinski definition) is 5. The summed E-state index contributed by atoms with van der Waals surface area (Å²) >= 11 is 1.61. The molecule has 28 heavy (non-hydrogen) atoms. The lowest BCUT2D eigenvalue weighted by molar-refractivity contribution is -0.137. The molecular weight excluding hydrogens is 385 g/mol. The molecule has 0 spiro atoms. The maximum atomic E-state index is 12.9. The Morgan fingerprint density at radius 1 is 1.00 bits per heavy atom. The van der Waals surface area contributed by atoms with Crippen LogP contribution in [0.25, 0.3) is 21.3 Å². The van der Waals surface area contributed by atoms with Gasteiger partial charge in [-0.2, -0.15) is 18.2 Å². The Labute approximate surface area is 162 Å². The number of thiophene rings is 1. The molecule has 3 N–H and O–H groups in total. The van der Waals surface area contributed by atoms with Crippen LogP contribution >= 0.6 is 11.3 Å². The number of halogens is 3. The molecule has 0 radical (unpaired) electrons. The van der Waals surface area contributed by atoms with Gasteiger partial charge in [-0.1, -0.05) is 30.3 Å². The third kappa shape index (κ3) is 3.77. The van der Waals surface area contributed by atoms with Crippen molar-refractivity contribution < 1.29 is 13.2 Å². The second kappa shape index (κ2) is 7.12. The molecule has 2 aromatic carbocycles. The molecule has 4 rings (SSSR count). The van der Waals surface area contributed by atoms with E-state index >= 15 is 0 Å². The SMILES string of the molecule is Nc1nc(NCc2cccc(C(F)(F)F)c2)cc(-c2csc3ccccc23)n1. The predicted octanol–water partition coefficient (Wildman–Crippen LogP) is 5.57. The minimum Gasteiger partial charge on any atom is -0.368 e. The standard InChI is InChI=1S/C20H15F3N4S/c21-20(22,23)13-5-3-4-12(8-13)10-25-18-9-16(26-19(24)27-18)15-11-28-17-7-2-1-6-14(15)17/h1-9,11H,10H2,(H3,24,25,26,27). The first-order valence-corrected chi connectivity index (χ1v) is 9.29. The number of hydrogen-bond donors (Lipinski definition) is 2. The third-order valence-electron chi connectivity index (χ3n) is 4.23. The molecule has 0 aliphatic rings. The van der Waals surface area contributed by atoms with Gasteiger partial charge in [-0.25, -0.2) is 4.98 Å². The number of benzene rings is 2. The summed E-state index contributed by atoms with van der Waals surface area (Å²) in [6.07, 6.45) is -4.37. The van der Waals surface area contributed by atoms with Crippen molar-refractivity contribution in [3.8, 4) is 11.3 Å². The van der Waals surface area contributed by atoms with Crippen LogP contribution in [-0.4, -0.2) is 9.97 Å². The second-order valence-electron chi connectivity index (χ2n) is 6.19. The molecule has 0 unspecified atom stereocenters. The van der Waals surface area contributed by atoms with Crippen LogP contribution in [0.3, 0.4) is 0 Å². The normalized spacial score (nSPS) is 11.7. The Morgan fingerprint density at radius 2 is 1.82 bits per heavy atom. The van der Waals surface area contributed by atoms with Crippen LogP contribution in [0.1, 0.15) is 11.1 Å². The fraction of sp³-hybridized carbons (Fsp3) is 0.100. The molecule has 0 amide bonds. The smallest absolute Gasteiger partial charge is 0.368 e. The molecule has 0 fully saturated rings. The highest BCUT2D eigenvalue weighted by molar-refractivity contribution is 7.17. The summed E-state index contributed by atoms with van der Waals surface area (Å²) in [6, 6.07) is 14.9. The van der Waals surface area contributed by atoms with Gasteiger partial charge in [0.25, 0.3) is 0 Å². The number of aromatic nitrogens is 2. The minimum atomic E-state index is -4.37. The monoisotopic (exact) mass is 400 g/mol. The molecule has 4 nitrogen and oxygen atoms in total. The number of alkyl halides is 3. The number of rotatable bonds is 4. The zero-order chi connectivity index (χ0) is 19.7. The second-order valence-corrected chi connectivity index (χ2v) is 7.11. The molecule has 8 heteroatoms. The fourth-order valence-corrected chi connectivity index (χ4v) is 3.88. The molecule has 0 saturated carbocycles. The topological polar surface area (TPSA) is 63.8 Å². The largest absolute Gasteiger partial charge is 0.416 e. The predicted molar refractivity (Wildman–Crippen MR) is 106 cm³/mol. The molecule has 0 bridgehead atoms. The van der Waals surface area contributed by atoms with Gasteiger partial charge in [-0.3, -0.25) is 0 Å². The van der Waals surface area contributed by atoms with Crippen LogP contribution in [0.5, 0.6) is 0 Å². The molecule has 4 aromatic rings. The van der Waals surface area contributed by atoms with Crippen molar-refractivity contribution in [3.63, 3.8) is 0 Å². The van der Waals surface area contributed by atoms with Crippen molar-refractivity contribution >= 4 is 33.2 Å². The fourth-order valence-electron chi connectivity index (χ4n) is 2.92. The Hall–Kier alpha value is -3.13. The van der Waals surface area contributed by atoms with E-state index in [1.807, 2.05) is 29.6 Å². The van der Waals surface area contributed by atoms with E-state index in [9.17, 15) is 13.2 Å². The van der Waals surface area contributed by atoms with E-state index < -0.39 is 11.7 Å². The first-order chi connectivity index (χ1) is 13.4. The lowest BCUT2D eigenvalue weighted by Gasteiger charge is -2.11. The van der Waals surface area contributed by atoms with Crippen molar-refractivity contribution in [1.82, 2.24) is 9.97 Å². The number of fused-ring (bicyclic) bond motifs is 1. The van der Waals surface area contributed by atoms with Gasteiger partial charge in [-0.05, 0) is 23.8 Å². The maximum Gasteiger partial charge on any atom is 0.416 e. The number of nitrogens with two attached hydrogens (primary N) is 1. The first kappa shape index (κ1) is 18.2. The summed E-state index contributed by atoms with van der Waals surface area (Å²) in [5.41, 5.74) is 7.27. The highest BCUT2D eigenvalue weighted by atomic mass is 32.1. The van der Waals surface area contributed by atoms with Crippen LogP contribution in [0, 0.1) is 0 Å². The van der Waals surface area contributed by atoms with Crippen molar-refractivity contribution in [2.75, 3.05) is 11.1 Å². The van der Waals surface area contributed by atoms with E-state index in [0.29, 0.717) is 17.1 Å². The maximum absolute atomic E-state index is 12.9. The van der Waals surface area contributed by atoms with Gasteiger partial charge in [0.15, 0.2) is 0 Å². The van der Waals surface area contributed by atoms with E-state index in [2.05, 4.69) is 15.3 Å². The highest BCUT2D eigenvalue weighted by Gasteiger charge is 2.30. The van der Waals surface area contributed by atoms with E-state index in [4.69, 9.17) is 5.73 Å². The van der Waals surface area contributed by atoms with E-state index in [0.717, 1.165) is 27.8 Å². The van der Waals surface area contributed by atoms with Crippen molar-refractivity contribution in [1.29, 1.82) is 0 Å². The minimum absolute atomic E-state index is 0.0966. The Kier molecular flexibility index (Phi) is 4.64. The van der Waals surface area contributed by atoms with E-state index in [1.54, 1.807) is 23.5 Å². The van der Waals surface area contributed by atoms with Crippen molar-refractivity contribution in [2.45, 2.75) is 12.7 Å². The van der Waals surface area contributed by atoms with Crippen LogP contribution in [-0.2, 0) is 12.7 Å². The number of nitrogens with one attached hydrogen (secondary N) is 1. The molecular formula is C20H15F3N4S. The molecule has 142 valence electrons. The summed E-state index contributed by atoms with van der Waals surface area (Å²) in [6.45, 7) is 0.185. The van der Waals surface area contributed by atoms with Crippen molar-refractivity contribution in [3.05, 3.63) is 71.1 Å². The number of anilines is 2. The summed E-state index contributed by atoms with van der Waals surface area (Å²) in [7, 11) is 0. The van der Waals surface area contributed by atoms with E-state index in [1.165, 1.54) is 6.07 Å². The van der Waals surface area contributed by atoms with Gasteiger partial charge < -0.3 is 11.1 Å². The molecule has 0 atom stereocenters. The molecule has 2 aromatic heterocycles. The molecule has 0 aliphatic heterocycles. The summed E-state index contributed by atoms with van der Waals surface area (Å²) < 4.78 is 39.7. The van der Waals surface area contributed by atoms with Crippen molar-refractivity contribution in [2.24, 2.45) is 0 Å². The molecule has 0 saturated heterocycles. The van der Waals surface area contributed by atoms with Crippen LogP contribution in [0.15, 0.2) is 60.0 Å². The number of nitrogens with zero attached hydrogens (tertiary/aromatic N) is 2. The van der Waals surface area contributed by atoms with Crippen LogP contribution in [0.4, 0.5) is 24.9 Å². The summed E-state index contributed by atoms with van der Waals surface area (Å²) in [5, 5.41) is 6.10. The first-order valence-electron chi connectivity index (χ1n) is 8.41. The van der Waals surface area contributed by atoms with Gasteiger partial charge in [0.2, 0.25) is 5.95 Å². The molecule has 2 heterocycles.